The minimum Gasteiger partial charge on any atom is -0.292 e. The molecule has 1 aromatic carbocycles. The van der Waals surface area contributed by atoms with Crippen LogP contribution in [0.15, 0.2) is 35.4 Å². The van der Waals surface area contributed by atoms with Gasteiger partial charge in [0, 0.05) is 16.5 Å². The monoisotopic (exact) mass is 280 g/mol. The molecule has 4 nitrogen and oxygen atoms in total. The number of nitrogens with one attached hydrogen (secondary N) is 1. The second-order valence-electron chi connectivity index (χ2n) is 3.73. The maximum atomic E-state index is 5.84. The quantitative estimate of drug-likeness (QED) is 0.390. The lowest BCUT2D eigenvalue weighted by molar-refractivity contribution is 0.994. The summed E-state index contributed by atoms with van der Waals surface area (Å²) in [4.78, 5) is 8.42. The molecule has 0 amide bonds. The first-order valence-corrected chi connectivity index (χ1v) is 6.73. The first-order valence-electron chi connectivity index (χ1n) is 5.37. The van der Waals surface area contributed by atoms with Crippen LogP contribution in [-0.4, -0.2) is 9.97 Å². The molecule has 0 bridgehead atoms. The second kappa shape index (κ2) is 6.04. The largest absolute Gasteiger partial charge is 0.292 e. The van der Waals surface area contributed by atoms with E-state index in [1.165, 1.54) is 5.56 Å². The third kappa shape index (κ3) is 3.60. The summed E-state index contributed by atoms with van der Waals surface area (Å²) in [6.45, 7) is 1.91. The maximum Gasteiger partial charge on any atom is 0.238 e. The van der Waals surface area contributed by atoms with Gasteiger partial charge in [0.25, 0.3) is 0 Å². The van der Waals surface area contributed by atoms with Crippen LogP contribution >= 0.6 is 23.4 Å². The molecule has 2 aromatic rings. The minimum absolute atomic E-state index is 0.439. The molecule has 0 spiro atoms. The Kier molecular flexibility index (Phi) is 4.41. The third-order valence-corrected chi connectivity index (χ3v) is 3.49. The number of nitrogens with two attached hydrogens (primary N) is 1. The maximum absolute atomic E-state index is 5.84. The molecule has 6 heteroatoms. The molecule has 0 unspecified atom stereocenters. The normalized spacial score (nSPS) is 10.4. The van der Waals surface area contributed by atoms with Gasteiger partial charge in [-0.05, 0) is 30.7 Å². The zero-order chi connectivity index (χ0) is 13.0. The number of halogens is 1. The van der Waals surface area contributed by atoms with E-state index in [9.17, 15) is 0 Å². The average molecular weight is 281 g/mol. The van der Waals surface area contributed by atoms with Crippen molar-refractivity contribution in [2.45, 2.75) is 17.7 Å². The van der Waals surface area contributed by atoms with E-state index in [-0.39, 0.29) is 0 Å². The van der Waals surface area contributed by atoms with Crippen molar-refractivity contribution in [1.29, 1.82) is 0 Å². The third-order valence-electron chi connectivity index (χ3n) is 2.26. The van der Waals surface area contributed by atoms with Gasteiger partial charge in [0.15, 0.2) is 0 Å². The van der Waals surface area contributed by atoms with Crippen molar-refractivity contribution in [3.05, 3.63) is 46.6 Å². The summed E-state index contributed by atoms with van der Waals surface area (Å²) < 4.78 is 0. The lowest BCUT2D eigenvalue weighted by Crippen LogP contribution is -2.11. The van der Waals surface area contributed by atoms with Crippen LogP contribution in [0, 0.1) is 6.92 Å². The highest BCUT2D eigenvalue weighted by Gasteiger charge is 2.02. The van der Waals surface area contributed by atoms with Crippen LogP contribution < -0.4 is 11.3 Å². The van der Waals surface area contributed by atoms with Gasteiger partial charge in [-0.15, -0.1) is 11.8 Å². The smallest absolute Gasteiger partial charge is 0.238 e. The molecule has 1 aromatic heterocycles. The van der Waals surface area contributed by atoms with E-state index in [0.717, 1.165) is 21.5 Å². The number of hydrogen-bond acceptors (Lipinski definition) is 5. The van der Waals surface area contributed by atoms with Crippen LogP contribution in [0.4, 0.5) is 5.95 Å². The van der Waals surface area contributed by atoms with Crippen molar-refractivity contribution >= 4 is 29.3 Å². The first kappa shape index (κ1) is 13.1. The Bertz CT molecular complexity index is 530. The highest BCUT2D eigenvalue weighted by molar-refractivity contribution is 7.98. The zero-order valence-corrected chi connectivity index (χ0v) is 11.4. The summed E-state index contributed by atoms with van der Waals surface area (Å²) in [5.74, 6) is 6.58. The van der Waals surface area contributed by atoms with E-state index in [2.05, 4.69) is 15.4 Å². The van der Waals surface area contributed by atoms with Gasteiger partial charge in [0.1, 0.15) is 5.03 Å². The van der Waals surface area contributed by atoms with Gasteiger partial charge < -0.3 is 0 Å². The lowest BCUT2D eigenvalue weighted by atomic mass is 10.2. The van der Waals surface area contributed by atoms with Crippen molar-refractivity contribution in [3.8, 4) is 0 Å². The molecule has 94 valence electrons. The van der Waals surface area contributed by atoms with Crippen LogP contribution in [0.2, 0.25) is 5.02 Å². The molecule has 1 heterocycles. The number of nitrogen functional groups attached to an aromatic ring is 1. The standard InChI is InChI=1S/C12H13ClN4S/c1-8-6-11(16-12(15-8)17-14)18-7-9-2-4-10(13)5-3-9/h2-6H,7,14H2,1H3,(H,15,16,17). The molecule has 3 N–H and O–H groups in total. The molecular weight excluding hydrogens is 268 g/mol. The van der Waals surface area contributed by atoms with E-state index < -0.39 is 0 Å². The second-order valence-corrected chi connectivity index (χ2v) is 5.16. The van der Waals surface area contributed by atoms with Crippen molar-refractivity contribution in [3.63, 3.8) is 0 Å². The fourth-order valence-electron chi connectivity index (χ4n) is 1.42. The SMILES string of the molecule is Cc1cc(SCc2ccc(Cl)cc2)nc(NN)n1. The Morgan fingerprint density at radius 3 is 2.67 bits per heavy atom. The number of anilines is 1. The Hall–Kier alpha value is -1.30. The van der Waals surface area contributed by atoms with Gasteiger partial charge in [-0.25, -0.2) is 15.8 Å². The number of thioether (sulfide) groups is 1. The summed E-state index contributed by atoms with van der Waals surface area (Å²) >= 11 is 7.47. The summed E-state index contributed by atoms with van der Waals surface area (Å²) in [6.07, 6.45) is 0. The summed E-state index contributed by atoms with van der Waals surface area (Å²) in [7, 11) is 0. The fraction of sp³-hybridized carbons (Fsp3) is 0.167. The van der Waals surface area contributed by atoms with Crippen LogP contribution in [0.25, 0.3) is 0 Å². The molecular formula is C12H13ClN4S. The number of hydrogen-bond donors (Lipinski definition) is 2. The highest BCUT2D eigenvalue weighted by Crippen LogP contribution is 2.23. The van der Waals surface area contributed by atoms with Gasteiger partial charge in [-0.3, -0.25) is 5.43 Å². The topological polar surface area (TPSA) is 63.8 Å². The van der Waals surface area contributed by atoms with Crippen molar-refractivity contribution in [1.82, 2.24) is 9.97 Å². The molecule has 2 rings (SSSR count). The Morgan fingerprint density at radius 1 is 1.28 bits per heavy atom. The first-order chi connectivity index (χ1) is 8.67. The van der Waals surface area contributed by atoms with E-state index in [1.807, 2.05) is 37.3 Å². The number of hydrazine groups is 1. The Morgan fingerprint density at radius 2 is 2.00 bits per heavy atom. The van der Waals surface area contributed by atoms with E-state index in [1.54, 1.807) is 11.8 Å². The molecule has 0 fully saturated rings. The molecule has 0 aliphatic heterocycles. The van der Waals surface area contributed by atoms with E-state index in [0.29, 0.717) is 5.95 Å². The van der Waals surface area contributed by atoms with Crippen LogP contribution in [0.1, 0.15) is 11.3 Å². The summed E-state index contributed by atoms with van der Waals surface area (Å²) in [5, 5.41) is 1.64. The number of rotatable bonds is 4. The summed E-state index contributed by atoms with van der Waals surface area (Å²) in [6, 6.07) is 9.71. The van der Waals surface area contributed by atoms with Gasteiger partial charge in [-0.2, -0.15) is 0 Å². The van der Waals surface area contributed by atoms with Gasteiger partial charge in [-0.1, -0.05) is 23.7 Å². The number of nitrogens with zero attached hydrogens (tertiary/aromatic N) is 2. The zero-order valence-electron chi connectivity index (χ0n) is 9.85. The molecule has 0 radical (unpaired) electrons. The van der Waals surface area contributed by atoms with E-state index >= 15 is 0 Å². The van der Waals surface area contributed by atoms with Crippen LogP contribution in [0.3, 0.4) is 0 Å². The predicted octanol–water partition coefficient (Wildman–Crippen LogP) is 3.02. The van der Waals surface area contributed by atoms with Crippen LogP contribution in [-0.2, 0) is 5.75 Å². The van der Waals surface area contributed by atoms with Crippen molar-refractivity contribution in [2.75, 3.05) is 5.43 Å². The average Bonchev–Trinajstić information content (AvgIpc) is 2.37. The molecule has 0 aliphatic rings. The summed E-state index contributed by atoms with van der Waals surface area (Å²) in [5.41, 5.74) is 4.54. The number of aryl methyl sites for hydroxylation is 1. The van der Waals surface area contributed by atoms with Gasteiger partial charge >= 0.3 is 0 Å². The molecule has 0 saturated carbocycles. The fourth-order valence-corrected chi connectivity index (χ4v) is 2.45. The van der Waals surface area contributed by atoms with Crippen LogP contribution in [0.5, 0.6) is 0 Å². The van der Waals surface area contributed by atoms with E-state index in [4.69, 9.17) is 17.4 Å². The molecule has 0 aliphatic carbocycles. The molecule has 18 heavy (non-hydrogen) atoms. The predicted molar refractivity (Wildman–Crippen MR) is 75.6 cm³/mol. The molecule has 0 atom stereocenters. The highest BCUT2D eigenvalue weighted by atomic mass is 35.5. The molecule has 0 saturated heterocycles. The Labute approximate surface area is 115 Å². The number of aromatic nitrogens is 2. The Balaban J connectivity index is 2.05. The van der Waals surface area contributed by atoms with Crippen molar-refractivity contribution < 1.29 is 0 Å². The lowest BCUT2D eigenvalue weighted by Gasteiger charge is -2.05. The van der Waals surface area contributed by atoms with Crippen molar-refractivity contribution in [2.24, 2.45) is 5.84 Å². The van der Waals surface area contributed by atoms with Gasteiger partial charge in [0.05, 0.1) is 0 Å². The minimum atomic E-state index is 0.439. The number of benzene rings is 1. The van der Waals surface area contributed by atoms with Gasteiger partial charge in [0.2, 0.25) is 5.95 Å².